The Balaban J connectivity index is 1.15. The van der Waals surface area contributed by atoms with Crippen molar-refractivity contribution in [3.63, 3.8) is 0 Å². The SMILES string of the molecule is CC(OCC1CO1)C1CC2C3CC(C(C)OCC4CO4)C(C3)C2C1. The van der Waals surface area contributed by atoms with Crippen LogP contribution < -0.4 is 0 Å². The lowest BCUT2D eigenvalue weighted by atomic mass is 9.74. The van der Waals surface area contributed by atoms with E-state index in [0.717, 1.165) is 61.9 Å². The van der Waals surface area contributed by atoms with Crippen LogP contribution in [0.5, 0.6) is 0 Å². The minimum Gasteiger partial charge on any atom is -0.375 e. The van der Waals surface area contributed by atoms with E-state index in [1.54, 1.807) is 0 Å². The molecule has 5 fully saturated rings. The van der Waals surface area contributed by atoms with E-state index in [1.165, 1.54) is 25.7 Å². The second-order valence-corrected chi connectivity index (χ2v) is 9.11. The summed E-state index contributed by atoms with van der Waals surface area (Å²) < 4.78 is 22.8. The predicted molar refractivity (Wildman–Crippen MR) is 89.7 cm³/mol. The molecule has 136 valence electrons. The van der Waals surface area contributed by atoms with E-state index in [9.17, 15) is 0 Å². The summed E-state index contributed by atoms with van der Waals surface area (Å²) in [6.07, 6.45) is 7.24. The molecule has 4 heteroatoms. The van der Waals surface area contributed by atoms with Crippen molar-refractivity contribution in [1.29, 1.82) is 0 Å². The summed E-state index contributed by atoms with van der Waals surface area (Å²) >= 11 is 0. The van der Waals surface area contributed by atoms with Gasteiger partial charge in [0.25, 0.3) is 0 Å². The Morgan fingerprint density at radius 2 is 1.42 bits per heavy atom. The molecule has 0 aromatic carbocycles. The molecule has 2 heterocycles. The summed E-state index contributed by atoms with van der Waals surface area (Å²) in [5.74, 6) is 5.31. The molecule has 10 unspecified atom stereocenters. The van der Waals surface area contributed by atoms with Gasteiger partial charge in [0.15, 0.2) is 0 Å². The first kappa shape index (κ1) is 16.0. The van der Waals surface area contributed by atoms with Crippen LogP contribution in [-0.4, -0.2) is 50.8 Å². The fraction of sp³-hybridized carbons (Fsp3) is 1.00. The van der Waals surface area contributed by atoms with Crippen molar-refractivity contribution >= 4 is 0 Å². The van der Waals surface area contributed by atoms with Gasteiger partial charge in [-0.3, -0.25) is 0 Å². The predicted octanol–water partition coefficient (Wildman–Crippen LogP) is 2.89. The average molecular weight is 336 g/mol. The lowest BCUT2D eigenvalue weighted by Gasteiger charge is -2.35. The summed E-state index contributed by atoms with van der Waals surface area (Å²) in [6, 6.07) is 0. The fourth-order valence-electron chi connectivity index (χ4n) is 6.20. The van der Waals surface area contributed by atoms with Gasteiger partial charge < -0.3 is 18.9 Å². The van der Waals surface area contributed by atoms with Crippen LogP contribution in [0.4, 0.5) is 0 Å². The van der Waals surface area contributed by atoms with E-state index in [1.807, 2.05) is 0 Å². The summed E-state index contributed by atoms with van der Waals surface area (Å²) in [5, 5.41) is 0. The molecule has 4 nitrogen and oxygen atoms in total. The first-order valence-corrected chi connectivity index (χ1v) is 10.2. The highest BCUT2D eigenvalue weighted by atomic mass is 16.6. The van der Waals surface area contributed by atoms with Crippen LogP contribution >= 0.6 is 0 Å². The zero-order valence-electron chi connectivity index (χ0n) is 15.1. The third kappa shape index (κ3) is 3.04. The Hall–Kier alpha value is -0.160. The van der Waals surface area contributed by atoms with Gasteiger partial charge in [0.1, 0.15) is 12.2 Å². The Bertz CT molecular complexity index is 461. The molecule has 2 saturated heterocycles. The average Bonchev–Trinajstić information content (AvgIpc) is 3.46. The van der Waals surface area contributed by atoms with Gasteiger partial charge in [0, 0.05) is 0 Å². The molecule has 3 saturated carbocycles. The summed E-state index contributed by atoms with van der Waals surface area (Å²) in [6.45, 7) is 8.00. The molecule has 2 bridgehead atoms. The van der Waals surface area contributed by atoms with Crippen molar-refractivity contribution in [1.82, 2.24) is 0 Å². The lowest BCUT2D eigenvalue weighted by molar-refractivity contribution is -0.0152. The second-order valence-electron chi connectivity index (χ2n) is 9.11. The van der Waals surface area contributed by atoms with Crippen molar-refractivity contribution in [2.45, 2.75) is 63.9 Å². The molecule has 24 heavy (non-hydrogen) atoms. The Labute approximate surface area is 145 Å². The van der Waals surface area contributed by atoms with Crippen LogP contribution in [0, 0.1) is 35.5 Å². The summed E-state index contributed by atoms with van der Waals surface area (Å²) in [7, 11) is 0. The topological polar surface area (TPSA) is 43.5 Å². The number of ether oxygens (including phenoxy) is 4. The van der Waals surface area contributed by atoms with E-state index in [2.05, 4.69) is 13.8 Å². The van der Waals surface area contributed by atoms with Gasteiger partial charge in [0.05, 0.1) is 38.6 Å². The second kappa shape index (κ2) is 6.22. The van der Waals surface area contributed by atoms with Gasteiger partial charge in [-0.15, -0.1) is 0 Å². The molecular formula is C20H32O4. The molecule has 3 aliphatic carbocycles. The minimum absolute atomic E-state index is 0.391. The molecule has 5 rings (SSSR count). The molecule has 0 spiro atoms. The van der Waals surface area contributed by atoms with E-state index in [-0.39, 0.29) is 0 Å². The highest BCUT2D eigenvalue weighted by molar-refractivity contribution is 5.06. The first-order valence-electron chi connectivity index (χ1n) is 10.2. The third-order valence-corrected chi connectivity index (χ3v) is 7.72. The van der Waals surface area contributed by atoms with Crippen molar-refractivity contribution in [3.05, 3.63) is 0 Å². The van der Waals surface area contributed by atoms with Gasteiger partial charge in [-0.05, 0) is 75.0 Å². The number of hydrogen-bond acceptors (Lipinski definition) is 4. The normalized spacial score (nSPS) is 50.8. The Morgan fingerprint density at radius 3 is 2.08 bits per heavy atom. The molecule has 0 N–H and O–H groups in total. The van der Waals surface area contributed by atoms with Crippen LogP contribution in [0.15, 0.2) is 0 Å². The standard InChI is InChI=1S/C20H32O4/c1-11(21-7-15-9-23-15)13-3-18-14-5-17(19(6-14)20(18)4-13)12(2)22-8-16-10-24-16/h11-20H,3-10H2,1-2H3. The highest BCUT2D eigenvalue weighted by Gasteiger charge is 2.57. The maximum Gasteiger partial charge on any atom is 0.104 e. The Kier molecular flexibility index (Phi) is 4.16. The number of epoxide rings is 2. The van der Waals surface area contributed by atoms with Gasteiger partial charge in [0.2, 0.25) is 0 Å². The zero-order valence-corrected chi connectivity index (χ0v) is 15.1. The van der Waals surface area contributed by atoms with E-state index >= 15 is 0 Å². The Morgan fingerprint density at radius 1 is 0.792 bits per heavy atom. The van der Waals surface area contributed by atoms with Crippen LogP contribution in [0.1, 0.15) is 39.5 Å². The van der Waals surface area contributed by atoms with Gasteiger partial charge in [-0.1, -0.05) is 0 Å². The van der Waals surface area contributed by atoms with Crippen LogP contribution in [0.2, 0.25) is 0 Å². The lowest BCUT2D eigenvalue weighted by Crippen LogP contribution is -2.33. The molecular weight excluding hydrogens is 304 g/mol. The minimum atomic E-state index is 0.391. The van der Waals surface area contributed by atoms with Crippen molar-refractivity contribution < 1.29 is 18.9 Å². The van der Waals surface area contributed by atoms with Gasteiger partial charge >= 0.3 is 0 Å². The van der Waals surface area contributed by atoms with Gasteiger partial charge in [-0.2, -0.15) is 0 Å². The first-order chi connectivity index (χ1) is 11.7. The van der Waals surface area contributed by atoms with Crippen molar-refractivity contribution in [3.8, 4) is 0 Å². The van der Waals surface area contributed by atoms with Crippen molar-refractivity contribution in [2.24, 2.45) is 35.5 Å². The number of fused-ring (bicyclic) bond motifs is 5. The van der Waals surface area contributed by atoms with E-state index in [0.29, 0.717) is 24.4 Å². The molecule has 0 aromatic heterocycles. The maximum atomic E-state index is 6.13. The molecule has 2 aliphatic heterocycles. The maximum absolute atomic E-state index is 6.13. The highest BCUT2D eigenvalue weighted by Crippen LogP contribution is 2.63. The number of hydrogen-bond donors (Lipinski definition) is 0. The van der Waals surface area contributed by atoms with Crippen LogP contribution in [0.3, 0.4) is 0 Å². The fourth-order valence-corrected chi connectivity index (χ4v) is 6.20. The van der Waals surface area contributed by atoms with Gasteiger partial charge in [-0.25, -0.2) is 0 Å². The smallest absolute Gasteiger partial charge is 0.104 e. The van der Waals surface area contributed by atoms with E-state index < -0.39 is 0 Å². The van der Waals surface area contributed by atoms with Crippen molar-refractivity contribution in [2.75, 3.05) is 26.4 Å². The molecule has 0 radical (unpaired) electrons. The largest absolute Gasteiger partial charge is 0.375 e. The summed E-state index contributed by atoms with van der Waals surface area (Å²) in [5.41, 5.74) is 0. The quantitative estimate of drug-likeness (QED) is 0.639. The monoisotopic (exact) mass is 336 g/mol. The molecule has 5 aliphatic rings. The van der Waals surface area contributed by atoms with Crippen LogP contribution in [0.25, 0.3) is 0 Å². The van der Waals surface area contributed by atoms with E-state index in [4.69, 9.17) is 18.9 Å². The molecule has 0 aromatic rings. The third-order valence-electron chi connectivity index (χ3n) is 7.72. The van der Waals surface area contributed by atoms with Crippen LogP contribution in [-0.2, 0) is 18.9 Å². The molecule has 0 amide bonds. The summed E-state index contributed by atoms with van der Waals surface area (Å²) in [4.78, 5) is 0. The number of rotatable bonds is 8. The zero-order chi connectivity index (χ0) is 16.3. The molecule has 10 atom stereocenters.